The molecule has 0 radical (unpaired) electrons. The molecule has 0 spiro atoms. The van der Waals surface area contributed by atoms with Crippen molar-refractivity contribution in [3.05, 3.63) is 83.4 Å². The number of carbonyl (C=O) groups is 2. The summed E-state index contributed by atoms with van der Waals surface area (Å²) in [5.74, 6) is -0.829. The van der Waals surface area contributed by atoms with E-state index in [9.17, 15) is 14.7 Å². The molecule has 3 aromatic carbocycles. The summed E-state index contributed by atoms with van der Waals surface area (Å²) in [5, 5.41) is 12.2. The van der Waals surface area contributed by atoms with Gasteiger partial charge in [0.2, 0.25) is 0 Å². The van der Waals surface area contributed by atoms with E-state index in [0.717, 1.165) is 28.7 Å². The molecule has 1 heterocycles. The van der Waals surface area contributed by atoms with Crippen molar-refractivity contribution in [2.75, 3.05) is 25.1 Å². The van der Waals surface area contributed by atoms with E-state index in [1.165, 1.54) is 12.1 Å². The molecule has 1 fully saturated rings. The van der Waals surface area contributed by atoms with Crippen LogP contribution in [0.15, 0.2) is 66.7 Å². The summed E-state index contributed by atoms with van der Waals surface area (Å²) >= 11 is 0. The Labute approximate surface area is 190 Å². The van der Waals surface area contributed by atoms with Crippen LogP contribution < -0.4 is 10.1 Å². The Kier molecular flexibility index (Phi) is 5.71. The van der Waals surface area contributed by atoms with E-state index in [4.69, 9.17) is 14.2 Å². The van der Waals surface area contributed by atoms with E-state index in [1.54, 1.807) is 6.07 Å². The lowest BCUT2D eigenvalue weighted by Crippen LogP contribution is -2.20. The van der Waals surface area contributed by atoms with Crippen LogP contribution in [-0.4, -0.2) is 43.1 Å². The molecule has 33 heavy (non-hydrogen) atoms. The first-order chi connectivity index (χ1) is 16.1. The van der Waals surface area contributed by atoms with Crippen molar-refractivity contribution >= 4 is 17.7 Å². The summed E-state index contributed by atoms with van der Waals surface area (Å²) in [7, 11) is 0. The van der Waals surface area contributed by atoms with E-state index in [1.807, 2.05) is 36.4 Å². The minimum Gasteiger partial charge on any atom is -0.488 e. The highest BCUT2D eigenvalue weighted by molar-refractivity contribution is 5.99. The second-order valence-electron chi connectivity index (χ2n) is 8.07. The Morgan fingerprint density at radius 2 is 1.70 bits per heavy atom. The topological polar surface area (TPSA) is 94.1 Å². The van der Waals surface area contributed by atoms with Gasteiger partial charge in [-0.2, -0.15) is 0 Å². The highest BCUT2D eigenvalue weighted by atomic mass is 16.6. The number of amides is 1. The fourth-order valence-corrected chi connectivity index (χ4v) is 4.43. The van der Waals surface area contributed by atoms with Crippen LogP contribution in [0.25, 0.3) is 11.1 Å². The minimum absolute atomic E-state index is 0.0695. The molecule has 1 amide bonds. The monoisotopic (exact) mass is 445 g/mol. The highest BCUT2D eigenvalue weighted by Crippen LogP contribution is 2.44. The third kappa shape index (κ3) is 4.27. The lowest BCUT2D eigenvalue weighted by Gasteiger charge is -2.16. The molecule has 5 rings (SSSR count). The molecule has 2 N–H and O–H groups in total. The Hall–Kier alpha value is -3.84. The van der Waals surface area contributed by atoms with Crippen LogP contribution in [0.3, 0.4) is 0 Å². The zero-order chi connectivity index (χ0) is 22.8. The van der Waals surface area contributed by atoms with Crippen molar-refractivity contribution in [1.29, 1.82) is 0 Å². The molecule has 2 aliphatic rings. The molecule has 3 aromatic rings. The summed E-state index contributed by atoms with van der Waals surface area (Å²) in [6.45, 7) is 1.24. The van der Waals surface area contributed by atoms with Crippen molar-refractivity contribution in [2.24, 2.45) is 0 Å². The van der Waals surface area contributed by atoms with Gasteiger partial charge in [0.05, 0.1) is 24.5 Å². The molecule has 1 unspecified atom stereocenters. The van der Waals surface area contributed by atoms with Crippen LogP contribution in [0.4, 0.5) is 10.5 Å². The van der Waals surface area contributed by atoms with E-state index in [2.05, 4.69) is 17.4 Å². The number of rotatable bonds is 6. The van der Waals surface area contributed by atoms with Crippen molar-refractivity contribution in [1.82, 2.24) is 0 Å². The lowest BCUT2D eigenvalue weighted by molar-refractivity contribution is 0.0697. The number of ether oxygens (including phenoxy) is 3. The summed E-state index contributed by atoms with van der Waals surface area (Å²) in [6, 6.07) is 20.7. The standard InChI is InChI=1S/C26H23NO6/c28-25(29)22-13-16(33-17-11-12-31-14-17)9-10-24(22)27-26(30)32-15-23-20-7-3-1-5-18(20)19-6-2-4-8-21(19)23/h1-10,13,17,23H,11-12,14-15H2,(H,27,30)(H,28,29). The number of carboxylic acids is 1. The van der Waals surface area contributed by atoms with Gasteiger partial charge in [0.1, 0.15) is 18.5 Å². The number of fused-ring (bicyclic) bond motifs is 3. The van der Waals surface area contributed by atoms with Gasteiger partial charge in [0.25, 0.3) is 0 Å². The number of hydrogen-bond acceptors (Lipinski definition) is 5. The third-order valence-electron chi connectivity index (χ3n) is 5.99. The molecule has 1 saturated heterocycles. The number of carbonyl (C=O) groups excluding carboxylic acids is 1. The molecule has 0 aromatic heterocycles. The highest BCUT2D eigenvalue weighted by Gasteiger charge is 2.29. The zero-order valence-electron chi connectivity index (χ0n) is 17.8. The first-order valence-electron chi connectivity index (χ1n) is 10.8. The normalized spacial score (nSPS) is 16.7. The first-order valence-corrected chi connectivity index (χ1v) is 10.8. The first kappa shape index (κ1) is 21.0. The second-order valence-corrected chi connectivity index (χ2v) is 8.07. The fourth-order valence-electron chi connectivity index (χ4n) is 4.43. The molecule has 0 bridgehead atoms. The van der Waals surface area contributed by atoms with E-state index >= 15 is 0 Å². The van der Waals surface area contributed by atoms with Gasteiger partial charge in [0.15, 0.2) is 0 Å². The van der Waals surface area contributed by atoms with Crippen molar-refractivity contribution < 1.29 is 28.9 Å². The number of anilines is 1. The number of nitrogens with one attached hydrogen (secondary N) is 1. The van der Waals surface area contributed by atoms with Gasteiger partial charge in [-0.3, -0.25) is 5.32 Å². The SMILES string of the molecule is O=C(Nc1ccc(OC2CCOC2)cc1C(=O)O)OCC1c2ccccc2-c2ccccc21. The van der Waals surface area contributed by atoms with Gasteiger partial charge >= 0.3 is 12.1 Å². The number of hydrogen-bond donors (Lipinski definition) is 2. The zero-order valence-corrected chi connectivity index (χ0v) is 17.8. The van der Waals surface area contributed by atoms with Crippen LogP contribution in [0, 0.1) is 0 Å². The largest absolute Gasteiger partial charge is 0.488 e. The van der Waals surface area contributed by atoms with Crippen LogP contribution in [0.5, 0.6) is 5.75 Å². The summed E-state index contributed by atoms with van der Waals surface area (Å²) in [5.41, 5.74) is 4.57. The molecule has 168 valence electrons. The molecule has 1 atom stereocenters. The van der Waals surface area contributed by atoms with E-state index in [-0.39, 0.29) is 29.9 Å². The van der Waals surface area contributed by atoms with Crippen molar-refractivity contribution in [2.45, 2.75) is 18.4 Å². The second kappa shape index (κ2) is 8.96. The molecule has 1 aliphatic carbocycles. The Balaban J connectivity index is 1.28. The number of aromatic carboxylic acids is 1. The van der Waals surface area contributed by atoms with E-state index in [0.29, 0.717) is 19.0 Å². The summed E-state index contributed by atoms with van der Waals surface area (Å²) in [4.78, 5) is 24.3. The minimum atomic E-state index is -1.17. The van der Waals surface area contributed by atoms with Gasteiger partial charge < -0.3 is 19.3 Å². The predicted octanol–water partition coefficient (Wildman–Crippen LogP) is 4.91. The lowest BCUT2D eigenvalue weighted by atomic mass is 9.98. The number of carboxylic acid groups (broad SMARTS) is 1. The molecule has 7 heteroatoms. The van der Waals surface area contributed by atoms with Crippen LogP contribution in [-0.2, 0) is 9.47 Å². The maximum Gasteiger partial charge on any atom is 0.411 e. The Morgan fingerprint density at radius 3 is 2.33 bits per heavy atom. The van der Waals surface area contributed by atoms with Crippen LogP contribution in [0.2, 0.25) is 0 Å². The average Bonchev–Trinajstić information content (AvgIpc) is 3.44. The average molecular weight is 445 g/mol. The fraction of sp³-hybridized carbons (Fsp3) is 0.231. The van der Waals surface area contributed by atoms with Gasteiger partial charge in [-0.1, -0.05) is 48.5 Å². The Morgan fingerprint density at radius 1 is 1.00 bits per heavy atom. The van der Waals surface area contributed by atoms with Crippen molar-refractivity contribution in [3.8, 4) is 16.9 Å². The quantitative estimate of drug-likeness (QED) is 0.560. The van der Waals surface area contributed by atoms with Gasteiger partial charge in [-0.05, 0) is 40.5 Å². The molecule has 1 aliphatic heterocycles. The van der Waals surface area contributed by atoms with Crippen LogP contribution >= 0.6 is 0 Å². The smallest absolute Gasteiger partial charge is 0.411 e. The van der Waals surface area contributed by atoms with Gasteiger partial charge in [-0.25, -0.2) is 9.59 Å². The van der Waals surface area contributed by atoms with Crippen LogP contribution in [0.1, 0.15) is 33.8 Å². The molecular weight excluding hydrogens is 422 g/mol. The molecular formula is C26H23NO6. The summed E-state index contributed by atoms with van der Waals surface area (Å²) in [6.07, 6.45) is -0.0629. The molecule has 0 saturated carbocycles. The number of benzene rings is 3. The third-order valence-corrected chi connectivity index (χ3v) is 5.99. The Bertz CT molecular complexity index is 1160. The summed E-state index contributed by atoms with van der Waals surface area (Å²) < 4.78 is 16.6. The van der Waals surface area contributed by atoms with Gasteiger partial charge in [-0.15, -0.1) is 0 Å². The van der Waals surface area contributed by atoms with Gasteiger partial charge in [0, 0.05) is 12.3 Å². The van der Waals surface area contributed by atoms with Crippen molar-refractivity contribution in [3.63, 3.8) is 0 Å². The predicted molar refractivity (Wildman–Crippen MR) is 122 cm³/mol. The molecule has 7 nitrogen and oxygen atoms in total. The van der Waals surface area contributed by atoms with E-state index < -0.39 is 12.1 Å². The maximum atomic E-state index is 12.6. The maximum absolute atomic E-state index is 12.6.